The minimum absolute atomic E-state index is 0.0307. The number of nitrogens with one attached hydrogen (secondary N) is 1. The number of hydrogen-bond acceptors (Lipinski definition) is 5. The van der Waals surface area contributed by atoms with Crippen LogP contribution in [-0.4, -0.2) is 53.1 Å². The number of likely N-dealkylation sites (tertiary alicyclic amines) is 1. The van der Waals surface area contributed by atoms with Crippen LogP contribution in [0.25, 0.3) is 0 Å². The number of aromatic nitrogens is 2. The van der Waals surface area contributed by atoms with Crippen molar-refractivity contribution >= 4 is 23.3 Å². The van der Waals surface area contributed by atoms with Gasteiger partial charge in [0.05, 0.1) is 5.92 Å². The van der Waals surface area contributed by atoms with Crippen LogP contribution in [0.4, 0.5) is 11.5 Å². The van der Waals surface area contributed by atoms with Crippen molar-refractivity contribution in [3.63, 3.8) is 0 Å². The second-order valence-corrected chi connectivity index (χ2v) is 9.42. The molecule has 1 aromatic carbocycles. The zero-order valence-electron chi connectivity index (χ0n) is 18.0. The summed E-state index contributed by atoms with van der Waals surface area (Å²) in [5.41, 5.74) is 2.06. The lowest BCUT2D eigenvalue weighted by molar-refractivity contribution is -0.137. The first kappa shape index (κ1) is 20.0. The number of nitrogens with zero attached hydrogens (tertiary/aromatic N) is 4. The van der Waals surface area contributed by atoms with Crippen molar-refractivity contribution in [3.05, 3.63) is 48.2 Å². The Morgan fingerprint density at radius 1 is 1.06 bits per heavy atom. The third kappa shape index (κ3) is 4.13. The predicted molar refractivity (Wildman–Crippen MR) is 119 cm³/mol. The summed E-state index contributed by atoms with van der Waals surface area (Å²) in [5, 5.41) is 11.0. The van der Waals surface area contributed by atoms with Crippen LogP contribution in [0.1, 0.15) is 44.1 Å². The van der Waals surface area contributed by atoms with Crippen LogP contribution in [0.3, 0.4) is 0 Å². The van der Waals surface area contributed by atoms with E-state index in [1.54, 1.807) is 6.20 Å². The molecule has 0 bridgehead atoms. The summed E-state index contributed by atoms with van der Waals surface area (Å²) in [4.78, 5) is 29.2. The first-order valence-electron chi connectivity index (χ1n) is 11.2. The largest absolute Gasteiger partial charge is 0.353 e. The van der Waals surface area contributed by atoms with Crippen LogP contribution in [0.2, 0.25) is 0 Å². The molecule has 1 saturated carbocycles. The normalized spacial score (nSPS) is 20.8. The van der Waals surface area contributed by atoms with Crippen molar-refractivity contribution < 1.29 is 9.59 Å². The summed E-state index contributed by atoms with van der Waals surface area (Å²) in [6, 6.07) is 12.0. The van der Waals surface area contributed by atoms with E-state index < -0.39 is 0 Å². The summed E-state index contributed by atoms with van der Waals surface area (Å²) in [6.07, 6.45) is 5.74. The molecule has 31 heavy (non-hydrogen) atoms. The third-order valence-corrected chi connectivity index (χ3v) is 7.08. The Labute approximate surface area is 182 Å². The van der Waals surface area contributed by atoms with E-state index in [0.717, 1.165) is 50.3 Å². The SMILES string of the molecule is CC1(C(=O)N2CCC(c3ccc(NC(=O)C4CN(c5cccnn5)C4)cc3)CC2)CC1. The lowest BCUT2D eigenvalue weighted by atomic mass is 9.88. The molecule has 0 spiro atoms. The summed E-state index contributed by atoms with van der Waals surface area (Å²) < 4.78 is 0. The number of hydrogen-bond donors (Lipinski definition) is 1. The molecule has 2 aromatic rings. The van der Waals surface area contributed by atoms with Gasteiger partial charge in [0.1, 0.15) is 0 Å². The summed E-state index contributed by atoms with van der Waals surface area (Å²) in [6.45, 7) is 5.12. The molecule has 7 nitrogen and oxygen atoms in total. The van der Waals surface area contributed by atoms with Gasteiger partial charge in [-0.2, -0.15) is 5.10 Å². The van der Waals surface area contributed by atoms with E-state index in [9.17, 15) is 9.59 Å². The maximum absolute atomic E-state index is 12.5. The molecule has 5 rings (SSSR count). The van der Waals surface area contributed by atoms with Gasteiger partial charge in [0.2, 0.25) is 11.8 Å². The Morgan fingerprint density at radius 2 is 1.77 bits per heavy atom. The fourth-order valence-electron chi connectivity index (χ4n) is 4.58. The molecule has 1 N–H and O–H groups in total. The monoisotopic (exact) mass is 419 g/mol. The maximum Gasteiger partial charge on any atom is 0.231 e. The number of piperidine rings is 1. The van der Waals surface area contributed by atoms with E-state index in [4.69, 9.17) is 0 Å². The van der Waals surface area contributed by atoms with Gasteiger partial charge in [-0.05, 0) is 61.4 Å². The van der Waals surface area contributed by atoms with E-state index in [1.807, 2.05) is 24.3 Å². The van der Waals surface area contributed by atoms with Crippen LogP contribution >= 0.6 is 0 Å². The average molecular weight is 420 g/mol. The second-order valence-electron chi connectivity index (χ2n) is 9.42. The van der Waals surface area contributed by atoms with Crippen LogP contribution < -0.4 is 10.2 Å². The van der Waals surface area contributed by atoms with E-state index in [1.165, 1.54) is 5.56 Å². The van der Waals surface area contributed by atoms with E-state index in [0.29, 0.717) is 24.9 Å². The highest BCUT2D eigenvalue weighted by molar-refractivity contribution is 5.94. The lowest BCUT2D eigenvalue weighted by Crippen LogP contribution is -2.52. The Kier molecular flexibility index (Phi) is 5.12. The lowest BCUT2D eigenvalue weighted by Gasteiger charge is -2.38. The van der Waals surface area contributed by atoms with Gasteiger partial charge in [0.15, 0.2) is 5.82 Å². The van der Waals surface area contributed by atoms with Gasteiger partial charge in [0, 0.05) is 43.5 Å². The quantitative estimate of drug-likeness (QED) is 0.806. The highest BCUT2D eigenvalue weighted by Crippen LogP contribution is 2.47. The molecule has 0 atom stereocenters. The number of amides is 2. The fourth-order valence-corrected chi connectivity index (χ4v) is 4.58. The Morgan fingerprint density at radius 3 is 2.39 bits per heavy atom. The highest BCUT2D eigenvalue weighted by atomic mass is 16.2. The van der Waals surface area contributed by atoms with E-state index in [2.05, 4.69) is 44.4 Å². The molecule has 1 aliphatic carbocycles. The molecule has 0 radical (unpaired) electrons. The first-order chi connectivity index (χ1) is 15.0. The van der Waals surface area contributed by atoms with E-state index >= 15 is 0 Å². The molecule has 7 heteroatoms. The van der Waals surface area contributed by atoms with Gasteiger partial charge in [-0.15, -0.1) is 5.10 Å². The van der Waals surface area contributed by atoms with Gasteiger partial charge in [-0.25, -0.2) is 0 Å². The van der Waals surface area contributed by atoms with Gasteiger partial charge in [0.25, 0.3) is 0 Å². The molecule has 162 valence electrons. The molecule has 2 saturated heterocycles. The third-order valence-electron chi connectivity index (χ3n) is 7.08. The van der Waals surface area contributed by atoms with Crippen molar-refractivity contribution in [2.75, 3.05) is 36.4 Å². The predicted octanol–water partition coefficient (Wildman–Crippen LogP) is 3.06. The van der Waals surface area contributed by atoms with Crippen molar-refractivity contribution in [1.29, 1.82) is 0 Å². The average Bonchev–Trinajstić information content (AvgIpc) is 3.52. The molecule has 3 fully saturated rings. The minimum atomic E-state index is -0.0708. The molecular formula is C24H29N5O2. The summed E-state index contributed by atoms with van der Waals surface area (Å²) in [5.74, 6) is 1.66. The van der Waals surface area contributed by atoms with Crippen LogP contribution in [0.5, 0.6) is 0 Å². The summed E-state index contributed by atoms with van der Waals surface area (Å²) >= 11 is 0. The Balaban J connectivity index is 1.10. The maximum atomic E-state index is 12.5. The first-order valence-corrected chi connectivity index (χ1v) is 11.2. The number of carbonyl (C=O) groups excluding carboxylic acids is 2. The van der Waals surface area contributed by atoms with Crippen molar-refractivity contribution in [3.8, 4) is 0 Å². The molecule has 1 aromatic heterocycles. The molecular weight excluding hydrogens is 390 g/mol. The zero-order chi connectivity index (χ0) is 21.4. The number of rotatable bonds is 5. The molecule has 2 amide bonds. The highest BCUT2D eigenvalue weighted by Gasteiger charge is 2.47. The van der Waals surface area contributed by atoms with Gasteiger partial charge in [-0.3, -0.25) is 9.59 Å². The zero-order valence-corrected chi connectivity index (χ0v) is 18.0. The number of anilines is 2. The molecule has 3 heterocycles. The van der Waals surface area contributed by atoms with Crippen molar-refractivity contribution in [2.24, 2.45) is 11.3 Å². The van der Waals surface area contributed by atoms with E-state index in [-0.39, 0.29) is 17.2 Å². The topological polar surface area (TPSA) is 78.4 Å². The Bertz CT molecular complexity index is 944. The smallest absolute Gasteiger partial charge is 0.231 e. The van der Waals surface area contributed by atoms with Crippen LogP contribution in [0.15, 0.2) is 42.6 Å². The summed E-state index contributed by atoms with van der Waals surface area (Å²) in [7, 11) is 0. The molecule has 3 aliphatic rings. The van der Waals surface area contributed by atoms with Crippen LogP contribution in [0, 0.1) is 11.3 Å². The molecule has 0 unspecified atom stereocenters. The number of carbonyl (C=O) groups is 2. The van der Waals surface area contributed by atoms with Crippen molar-refractivity contribution in [1.82, 2.24) is 15.1 Å². The Hall–Kier alpha value is -2.96. The van der Waals surface area contributed by atoms with Crippen molar-refractivity contribution in [2.45, 2.75) is 38.5 Å². The number of benzene rings is 1. The van der Waals surface area contributed by atoms with Gasteiger partial charge >= 0.3 is 0 Å². The second kappa shape index (κ2) is 7.94. The van der Waals surface area contributed by atoms with Crippen LogP contribution in [-0.2, 0) is 9.59 Å². The van der Waals surface area contributed by atoms with Gasteiger partial charge < -0.3 is 15.1 Å². The fraction of sp³-hybridized carbons (Fsp3) is 0.500. The van der Waals surface area contributed by atoms with Gasteiger partial charge in [-0.1, -0.05) is 19.1 Å². The standard InChI is InChI=1S/C24H29N5O2/c1-24(10-11-24)23(31)28-13-8-18(9-14-28)17-4-6-20(7-5-17)26-22(30)19-15-29(16-19)21-3-2-12-25-27-21/h2-7,12,18-19H,8-11,13-16H2,1H3,(H,26,30). The minimum Gasteiger partial charge on any atom is -0.353 e. The molecule has 2 aliphatic heterocycles.